The van der Waals surface area contributed by atoms with Gasteiger partial charge in [0.2, 0.25) is 31.9 Å². The Hall–Kier alpha value is -5.51. The summed E-state index contributed by atoms with van der Waals surface area (Å²) in [5.74, 6) is -1.78. The van der Waals surface area contributed by atoms with Crippen molar-refractivity contribution < 1.29 is 62.3 Å². The average Bonchev–Trinajstić information content (AvgIpc) is 3.59. The number of halogens is 6. The van der Waals surface area contributed by atoms with Crippen LogP contribution < -0.4 is 11.5 Å². The Balaban J connectivity index is 1.74. The van der Waals surface area contributed by atoms with Gasteiger partial charge in [0.1, 0.15) is 5.60 Å². The van der Waals surface area contributed by atoms with E-state index in [1.807, 2.05) is 0 Å². The van der Waals surface area contributed by atoms with E-state index in [1.165, 1.54) is 0 Å². The molecule has 0 aliphatic carbocycles. The molecule has 1 fully saturated rings. The summed E-state index contributed by atoms with van der Waals surface area (Å²) in [5, 5.41) is 0. The lowest BCUT2D eigenvalue weighted by molar-refractivity contribution is -0.138. The summed E-state index contributed by atoms with van der Waals surface area (Å²) in [6.45, 7) is 2.14. The van der Waals surface area contributed by atoms with Crippen molar-refractivity contribution in [3.05, 3.63) is 130 Å². The smallest absolute Gasteiger partial charge is 0.416 e. The number of carbonyl (C=O) groups excluding carboxylic acids is 3. The van der Waals surface area contributed by atoms with Crippen molar-refractivity contribution in [3.8, 4) is 0 Å². The summed E-state index contributed by atoms with van der Waals surface area (Å²) in [5.41, 5.74) is 7.37. The van der Waals surface area contributed by atoms with Crippen molar-refractivity contribution in [3.63, 3.8) is 0 Å². The summed E-state index contributed by atoms with van der Waals surface area (Å²) in [7, 11) is -9.70. The van der Waals surface area contributed by atoms with Gasteiger partial charge in [-0.05, 0) is 105 Å². The zero-order valence-electron chi connectivity index (χ0n) is 32.1. The van der Waals surface area contributed by atoms with Gasteiger partial charge in [-0.15, -0.1) is 0 Å². The first-order chi connectivity index (χ1) is 27.7. The van der Waals surface area contributed by atoms with Crippen molar-refractivity contribution in [2.45, 2.75) is 73.7 Å². The Morgan fingerprint density at radius 1 is 0.600 bits per heavy atom. The molecule has 60 heavy (non-hydrogen) atoms. The second-order valence-corrected chi connectivity index (χ2v) is 18.6. The number of ether oxygens (including phenoxy) is 1. The Morgan fingerprint density at radius 3 is 1.18 bits per heavy atom. The Labute approximate surface area is 341 Å². The third-order valence-electron chi connectivity index (χ3n) is 9.38. The first-order valence-electron chi connectivity index (χ1n) is 17.8. The molecule has 2 atom stereocenters. The lowest BCUT2D eigenvalue weighted by Crippen LogP contribution is -2.54. The number of alkyl halides is 6. The molecule has 0 saturated carbocycles. The predicted molar refractivity (Wildman–Crippen MR) is 204 cm³/mol. The van der Waals surface area contributed by atoms with E-state index in [1.54, 1.807) is 20.8 Å². The Bertz CT molecular complexity index is 2280. The number of sulfonamides is 2. The minimum absolute atomic E-state index is 0.00832. The van der Waals surface area contributed by atoms with Gasteiger partial charge in [0.05, 0.1) is 33.0 Å². The number of likely N-dealkylation sites (tertiary alicyclic amines) is 1. The maximum atomic E-state index is 14.8. The molecule has 0 spiro atoms. The molecule has 1 aliphatic rings. The molecule has 1 aliphatic heterocycles. The molecule has 4 aromatic carbocycles. The lowest BCUT2D eigenvalue weighted by Gasteiger charge is -2.37. The number of rotatable bonds is 12. The molecule has 21 heteroatoms. The Kier molecular flexibility index (Phi) is 12.8. The zero-order valence-corrected chi connectivity index (χ0v) is 33.7. The number of benzene rings is 4. The number of nitrogens with two attached hydrogens (primary N) is 2. The van der Waals surface area contributed by atoms with Gasteiger partial charge in [0.25, 0.3) is 0 Å². The topological polar surface area (TPSA) is 190 Å². The monoisotopic (exact) mass is 883 g/mol. The molecule has 13 nitrogen and oxygen atoms in total. The van der Waals surface area contributed by atoms with E-state index < -0.39 is 115 Å². The van der Waals surface area contributed by atoms with Crippen LogP contribution >= 0.6 is 0 Å². The highest BCUT2D eigenvalue weighted by atomic mass is 32.2. The minimum Gasteiger partial charge on any atom is -0.444 e. The van der Waals surface area contributed by atoms with Gasteiger partial charge >= 0.3 is 18.4 Å². The molecule has 322 valence electrons. The van der Waals surface area contributed by atoms with Gasteiger partial charge < -0.3 is 21.1 Å². The van der Waals surface area contributed by atoms with E-state index in [9.17, 15) is 57.6 Å². The molecule has 1 heterocycles. The fourth-order valence-corrected chi connectivity index (χ4v) is 9.65. The van der Waals surface area contributed by atoms with Crippen LogP contribution in [0, 0.1) is 0 Å². The van der Waals surface area contributed by atoms with Crippen molar-refractivity contribution >= 4 is 38.0 Å². The summed E-state index contributed by atoms with van der Waals surface area (Å²) < 4.78 is 148. The molecule has 4 aromatic rings. The van der Waals surface area contributed by atoms with Crippen molar-refractivity contribution in [2.75, 3.05) is 13.1 Å². The molecule has 0 radical (unpaired) electrons. The van der Waals surface area contributed by atoms with Crippen LogP contribution in [0.1, 0.15) is 63.7 Å². The van der Waals surface area contributed by atoms with Crippen LogP contribution in [0.3, 0.4) is 0 Å². The maximum Gasteiger partial charge on any atom is 0.416 e. The molecule has 3 amide bonds. The number of carbonyl (C=O) groups is 3. The predicted octanol–water partition coefficient (Wildman–Crippen LogP) is 5.99. The van der Waals surface area contributed by atoms with Gasteiger partial charge in [0.15, 0.2) is 0 Å². The van der Waals surface area contributed by atoms with Crippen LogP contribution in [0.5, 0.6) is 0 Å². The summed E-state index contributed by atoms with van der Waals surface area (Å²) in [4.78, 5) is 37.5. The Morgan fingerprint density at radius 2 is 0.917 bits per heavy atom. The summed E-state index contributed by atoms with van der Waals surface area (Å²) >= 11 is 0. The van der Waals surface area contributed by atoms with Crippen LogP contribution in [0.25, 0.3) is 0 Å². The highest BCUT2D eigenvalue weighted by Gasteiger charge is 2.50. The lowest BCUT2D eigenvalue weighted by atomic mass is 10.1. The van der Waals surface area contributed by atoms with Crippen LogP contribution in [-0.2, 0) is 50.2 Å². The van der Waals surface area contributed by atoms with Gasteiger partial charge in [-0.1, -0.05) is 24.3 Å². The van der Waals surface area contributed by atoms with Crippen molar-refractivity contribution in [1.29, 1.82) is 0 Å². The number of amides is 3. The highest BCUT2D eigenvalue weighted by molar-refractivity contribution is 7.89. The first kappa shape index (κ1) is 45.6. The van der Waals surface area contributed by atoms with Crippen molar-refractivity contribution in [2.24, 2.45) is 11.5 Å². The van der Waals surface area contributed by atoms with Crippen LogP contribution in [0.2, 0.25) is 0 Å². The number of primary amides is 2. The van der Waals surface area contributed by atoms with E-state index in [2.05, 4.69) is 0 Å². The standard InChI is InChI=1S/C39H39F6N5O8S2/c1-37(2,3)58-36(53)48-22-32(49(20-24-4-12-28(13-5-24)38(40,41)42)59(54,55)30-16-8-26(9-17-30)34(46)51)33(23-48)50(21-25-6-14-29(15-7-25)39(43,44)45)60(56,57)31-18-10-27(11-19-31)35(47)52/h4-19,32-33H,20-23H2,1-3H3,(H2,46,51)(H2,47,52)/t32-,33-/m0/s1. The SMILES string of the molecule is CC(C)(C)OC(=O)N1C[C@H](N(Cc2ccc(C(F)(F)F)cc2)S(=O)(=O)c2ccc(C(N)=O)cc2)[C@@H](N(Cc2ccc(C(F)(F)F)cc2)S(=O)(=O)c2ccc(C(N)=O)cc2)C1. The summed E-state index contributed by atoms with van der Waals surface area (Å²) in [6.07, 6.45) is -10.5. The van der Waals surface area contributed by atoms with E-state index in [-0.39, 0.29) is 22.3 Å². The summed E-state index contributed by atoms with van der Waals surface area (Å²) in [6, 6.07) is 12.4. The maximum absolute atomic E-state index is 14.8. The second-order valence-electron chi connectivity index (χ2n) is 14.8. The normalized spacial score (nSPS) is 16.6. The quantitative estimate of drug-likeness (QED) is 0.162. The van der Waals surface area contributed by atoms with Gasteiger partial charge in [-0.3, -0.25) is 9.59 Å². The third kappa shape index (κ3) is 10.4. The second kappa shape index (κ2) is 16.9. The van der Waals surface area contributed by atoms with Gasteiger partial charge in [-0.25, -0.2) is 21.6 Å². The van der Waals surface area contributed by atoms with Gasteiger partial charge in [-0.2, -0.15) is 35.0 Å². The molecule has 0 aromatic heterocycles. The van der Waals surface area contributed by atoms with Crippen LogP contribution in [0.15, 0.2) is 107 Å². The van der Waals surface area contributed by atoms with E-state index in [4.69, 9.17) is 16.2 Å². The van der Waals surface area contributed by atoms with Crippen molar-refractivity contribution in [1.82, 2.24) is 13.5 Å². The molecular weight excluding hydrogens is 845 g/mol. The third-order valence-corrected chi connectivity index (χ3v) is 13.2. The zero-order chi connectivity index (χ0) is 44.6. The van der Waals surface area contributed by atoms with Gasteiger partial charge in [0, 0.05) is 37.3 Å². The number of hydrogen-bond acceptors (Lipinski definition) is 8. The minimum atomic E-state index is -4.85. The molecule has 0 bridgehead atoms. The van der Waals surface area contributed by atoms with E-state index in [0.29, 0.717) is 0 Å². The van der Waals surface area contributed by atoms with E-state index in [0.717, 1.165) is 111 Å². The number of hydrogen-bond donors (Lipinski definition) is 2. The van der Waals surface area contributed by atoms with E-state index >= 15 is 0 Å². The molecule has 5 rings (SSSR count). The fraction of sp³-hybridized carbons (Fsp3) is 0.308. The highest BCUT2D eigenvalue weighted by Crippen LogP contribution is 2.36. The molecular formula is C39H39F6N5O8S2. The van der Waals surface area contributed by atoms with Crippen LogP contribution in [-0.4, -0.2) is 79.0 Å². The average molecular weight is 884 g/mol. The molecule has 4 N–H and O–H groups in total. The molecule has 0 unspecified atom stereocenters. The largest absolute Gasteiger partial charge is 0.444 e. The first-order valence-corrected chi connectivity index (χ1v) is 20.7. The fourth-order valence-electron chi connectivity index (χ4n) is 6.38. The molecule has 1 saturated heterocycles. The van der Waals surface area contributed by atoms with Crippen LogP contribution in [0.4, 0.5) is 31.1 Å². The number of nitrogens with zero attached hydrogens (tertiary/aromatic N) is 3.